The van der Waals surface area contributed by atoms with E-state index >= 15 is 0 Å². The van der Waals surface area contributed by atoms with Crippen LogP contribution < -0.4 is 5.32 Å². The molecule has 1 N–H and O–H groups in total. The molecule has 128 valence electrons. The molecule has 4 rings (SSSR count). The van der Waals surface area contributed by atoms with Crippen molar-refractivity contribution in [3.05, 3.63) is 82.5 Å². The number of nitrogens with one attached hydrogen (secondary N) is 1. The van der Waals surface area contributed by atoms with E-state index in [4.69, 9.17) is 6.57 Å². The summed E-state index contributed by atoms with van der Waals surface area (Å²) in [5.41, 5.74) is 3.42. The van der Waals surface area contributed by atoms with Gasteiger partial charge >= 0.3 is 0 Å². The number of rotatable bonds is 3. The van der Waals surface area contributed by atoms with E-state index in [0.717, 1.165) is 11.3 Å². The number of fused-ring (bicyclic) bond motifs is 1. The number of hydrogen-bond acceptors (Lipinski definition) is 4. The maximum absolute atomic E-state index is 9.88. The van der Waals surface area contributed by atoms with Crippen molar-refractivity contribution in [2.75, 3.05) is 5.32 Å². The Morgan fingerprint density at radius 2 is 1.96 bits per heavy atom. The Morgan fingerprint density at radius 1 is 1.15 bits per heavy atom. The Hall–Kier alpha value is -3.68. The van der Waals surface area contributed by atoms with Crippen LogP contribution in [0.2, 0.25) is 0 Å². The van der Waals surface area contributed by atoms with E-state index in [1.54, 1.807) is 29.2 Å². The predicted molar refractivity (Wildman–Crippen MR) is 107 cm³/mol. The normalized spacial score (nSPS) is 10.3. The number of aromatic nitrogens is 3. The Morgan fingerprint density at radius 3 is 2.63 bits per heavy atom. The van der Waals surface area contributed by atoms with Crippen LogP contribution in [-0.4, -0.2) is 14.6 Å². The van der Waals surface area contributed by atoms with Gasteiger partial charge in [-0.3, -0.25) is 4.98 Å². The lowest BCUT2D eigenvalue weighted by molar-refractivity contribution is 0.970. The molecule has 0 saturated carbocycles. The second kappa shape index (κ2) is 6.91. The fraction of sp³-hybridized carbons (Fsp3) is 0. The van der Waals surface area contributed by atoms with Crippen molar-refractivity contribution >= 4 is 38.6 Å². The van der Waals surface area contributed by atoms with E-state index in [1.165, 1.54) is 0 Å². The number of hydrogen-bond donors (Lipinski definition) is 1. The molecule has 0 unspecified atom stereocenters. The first-order valence-electron chi connectivity index (χ1n) is 7.97. The van der Waals surface area contributed by atoms with E-state index in [2.05, 4.69) is 42.2 Å². The van der Waals surface area contributed by atoms with Gasteiger partial charge in [0.15, 0.2) is 0 Å². The maximum Gasteiger partial charge on any atom is 0.237 e. The summed E-state index contributed by atoms with van der Waals surface area (Å²) in [4.78, 5) is 7.86. The molecule has 7 heteroatoms. The molecule has 1 aromatic carbocycles. The molecule has 0 aliphatic rings. The van der Waals surface area contributed by atoms with Gasteiger partial charge in [-0.1, -0.05) is 30.3 Å². The van der Waals surface area contributed by atoms with E-state index in [1.807, 2.05) is 36.4 Å². The zero-order valence-electron chi connectivity index (χ0n) is 13.9. The Kier molecular flexibility index (Phi) is 4.29. The highest BCUT2D eigenvalue weighted by atomic mass is 79.9. The predicted octanol–water partition coefficient (Wildman–Crippen LogP) is 5.32. The van der Waals surface area contributed by atoms with Gasteiger partial charge in [0.2, 0.25) is 5.69 Å². The number of pyridine rings is 2. The van der Waals surface area contributed by atoms with E-state index < -0.39 is 0 Å². The van der Waals surface area contributed by atoms with Crippen LogP contribution in [0.15, 0.2) is 65.5 Å². The molecule has 3 aromatic heterocycles. The molecule has 0 amide bonds. The van der Waals surface area contributed by atoms with Crippen LogP contribution >= 0.6 is 15.9 Å². The van der Waals surface area contributed by atoms with Crippen LogP contribution in [0.1, 0.15) is 5.56 Å². The van der Waals surface area contributed by atoms with Crippen molar-refractivity contribution < 1.29 is 0 Å². The molecule has 0 aliphatic carbocycles. The van der Waals surface area contributed by atoms with Gasteiger partial charge < -0.3 is 5.32 Å². The highest BCUT2D eigenvalue weighted by molar-refractivity contribution is 9.10. The lowest BCUT2D eigenvalue weighted by Crippen LogP contribution is -2.04. The van der Waals surface area contributed by atoms with Crippen molar-refractivity contribution in [1.82, 2.24) is 14.6 Å². The van der Waals surface area contributed by atoms with Crippen LogP contribution in [0.3, 0.4) is 0 Å². The van der Waals surface area contributed by atoms with Gasteiger partial charge in [-0.05, 0) is 33.6 Å². The average molecular weight is 415 g/mol. The quantitative estimate of drug-likeness (QED) is 0.460. The van der Waals surface area contributed by atoms with Crippen molar-refractivity contribution in [3.8, 4) is 17.2 Å². The molecule has 0 atom stereocenters. The molecule has 0 radical (unpaired) electrons. The highest BCUT2D eigenvalue weighted by Gasteiger charge is 2.23. The zero-order valence-corrected chi connectivity index (χ0v) is 15.5. The topological polar surface area (TPSA) is 70.4 Å². The summed E-state index contributed by atoms with van der Waals surface area (Å²) in [6, 6.07) is 15.4. The van der Waals surface area contributed by atoms with Crippen LogP contribution in [0.5, 0.6) is 0 Å². The lowest BCUT2D eigenvalue weighted by atomic mass is 9.98. The Balaban J connectivity index is 2.12. The third-order valence-corrected chi connectivity index (χ3v) is 4.67. The summed E-state index contributed by atoms with van der Waals surface area (Å²) in [5, 5.41) is 17.5. The van der Waals surface area contributed by atoms with Gasteiger partial charge in [0.1, 0.15) is 11.9 Å². The largest absolute Gasteiger partial charge is 0.348 e. The average Bonchev–Trinajstić information content (AvgIpc) is 3.10. The molecular formula is C20H11BrN6. The summed E-state index contributed by atoms with van der Waals surface area (Å²) in [6.07, 6.45) is 4.96. The van der Waals surface area contributed by atoms with E-state index in [9.17, 15) is 5.26 Å². The maximum atomic E-state index is 9.88. The van der Waals surface area contributed by atoms with Crippen molar-refractivity contribution in [3.63, 3.8) is 0 Å². The fourth-order valence-electron chi connectivity index (χ4n) is 2.97. The minimum atomic E-state index is 0.324. The van der Waals surface area contributed by atoms with Crippen LogP contribution in [0.25, 0.3) is 21.5 Å². The molecular weight excluding hydrogens is 404 g/mol. The first kappa shape index (κ1) is 16.8. The molecule has 0 aliphatic heterocycles. The van der Waals surface area contributed by atoms with Crippen LogP contribution in [-0.2, 0) is 0 Å². The smallest absolute Gasteiger partial charge is 0.237 e. The summed E-state index contributed by atoms with van der Waals surface area (Å²) in [5.74, 6) is 0.483. The van der Waals surface area contributed by atoms with Crippen molar-refractivity contribution in [2.24, 2.45) is 0 Å². The third-order valence-electron chi connectivity index (χ3n) is 4.09. The van der Waals surface area contributed by atoms with Crippen molar-refractivity contribution in [1.29, 1.82) is 5.26 Å². The Bertz CT molecular complexity index is 1220. The van der Waals surface area contributed by atoms with Crippen molar-refractivity contribution in [2.45, 2.75) is 0 Å². The Labute approximate surface area is 163 Å². The number of halogens is 1. The first-order chi connectivity index (χ1) is 13.2. The lowest BCUT2D eigenvalue weighted by Gasteiger charge is -2.16. The summed E-state index contributed by atoms with van der Waals surface area (Å²) >= 11 is 3.48. The molecule has 27 heavy (non-hydrogen) atoms. The van der Waals surface area contributed by atoms with Gasteiger partial charge in [0.25, 0.3) is 0 Å². The summed E-state index contributed by atoms with van der Waals surface area (Å²) < 4.78 is 2.26. The van der Waals surface area contributed by atoms with E-state index in [0.29, 0.717) is 32.6 Å². The fourth-order valence-corrected chi connectivity index (χ4v) is 3.43. The minimum Gasteiger partial charge on any atom is -0.348 e. The van der Waals surface area contributed by atoms with Crippen LogP contribution in [0.4, 0.5) is 17.2 Å². The molecule has 3 heterocycles. The summed E-state index contributed by atoms with van der Waals surface area (Å²) in [7, 11) is 0. The minimum absolute atomic E-state index is 0.324. The standard InChI is InChI=1S/C20H11BrN6/c1-23-18-17(13-6-3-2-4-7-13)15(10-22)19-16(21)12-25-27(19)20(18)26-14-8-5-9-24-11-14/h2-9,11-12,26H. The molecule has 0 fully saturated rings. The van der Waals surface area contributed by atoms with Gasteiger partial charge in [-0.25, -0.2) is 9.36 Å². The summed E-state index contributed by atoms with van der Waals surface area (Å²) in [6.45, 7) is 7.80. The van der Waals surface area contributed by atoms with Gasteiger partial charge in [0, 0.05) is 11.8 Å². The number of nitriles is 1. The second-order valence-corrected chi connectivity index (χ2v) is 6.51. The first-order valence-corrected chi connectivity index (χ1v) is 8.77. The molecule has 0 spiro atoms. The number of nitrogens with zero attached hydrogens (tertiary/aromatic N) is 5. The second-order valence-electron chi connectivity index (χ2n) is 5.66. The third kappa shape index (κ3) is 2.80. The van der Waals surface area contributed by atoms with E-state index in [-0.39, 0.29) is 0 Å². The SMILES string of the molecule is [C-]#[N+]c1c(-c2ccccc2)c(C#N)c2c(Br)cnn2c1Nc1cccnc1. The van der Waals surface area contributed by atoms with Gasteiger partial charge in [0.05, 0.1) is 40.2 Å². The highest BCUT2D eigenvalue weighted by Crippen LogP contribution is 2.43. The monoisotopic (exact) mass is 414 g/mol. The van der Waals surface area contributed by atoms with Gasteiger partial charge in [-0.15, -0.1) is 0 Å². The van der Waals surface area contributed by atoms with Crippen LogP contribution in [0, 0.1) is 17.9 Å². The molecule has 4 aromatic rings. The zero-order chi connectivity index (χ0) is 18.8. The number of anilines is 2. The molecule has 0 saturated heterocycles. The van der Waals surface area contributed by atoms with Gasteiger partial charge in [-0.2, -0.15) is 10.4 Å². The molecule has 6 nitrogen and oxygen atoms in total. The molecule has 0 bridgehead atoms. The number of benzene rings is 1.